The highest BCUT2D eigenvalue weighted by Gasteiger charge is 2.42. The van der Waals surface area contributed by atoms with E-state index in [1.54, 1.807) is 25.1 Å². The lowest BCUT2D eigenvalue weighted by atomic mass is 10.2. The number of methoxy groups -OCH3 is 2. The van der Waals surface area contributed by atoms with Crippen molar-refractivity contribution in [2.45, 2.75) is 25.3 Å². The molecule has 33 heavy (non-hydrogen) atoms. The fraction of sp³-hybridized carbons (Fsp3) is 0.381. The fourth-order valence-corrected chi connectivity index (χ4v) is 6.43. The zero-order chi connectivity index (χ0) is 24.4. The highest BCUT2D eigenvalue weighted by atomic mass is 32.2. The van der Waals surface area contributed by atoms with Gasteiger partial charge in [-0.25, -0.2) is 25.9 Å². The number of carbonyl (C=O) groups excluding carboxylic acids is 1. The monoisotopic (exact) mass is 498 g/mol. The van der Waals surface area contributed by atoms with Crippen molar-refractivity contribution in [2.24, 2.45) is 5.92 Å². The number of hydrogen-bond donors (Lipinski definition) is 1. The van der Waals surface area contributed by atoms with Crippen molar-refractivity contribution in [1.29, 1.82) is 0 Å². The third kappa shape index (κ3) is 5.07. The number of benzene rings is 2. The molecule has 0 saturated carbocycles. The van der Waals surface area contributed by atoms with Gasteiger partial charge in [0.1, 0.15) is 10.6 Å². The maximum absolute atomic E-state index is 13.2. The predicted octanol–water partition coefficient (Wildman–Crippen LogP) is 1.89. The lowest BCUT2D eigenvalue weighted by Crippen LogP contribution is -2.31. The lowest BCUT2D eigenvalue weighted by molar-refractivity contribution is -0.119. The Kier molecular flexibility index (Phi) is 7.20. The van der Waals surface area contributed by atoms with Gasteiger partial charge in [-0.15, -0.1) is 0 Å². The number of nitrogens with one attached hydrogen (secondary N) is 1. The summed E-state index contributed by atoms with van der Waals surface area (Å²) in [6, 6.07) is 8.80. The first-order valence-corrected chi connectivity index (χ1v) is 13.2. The van der Waals surface area contributed by atoms with E-state index in [-0.39, 0.29) is 35.2 Å². The number of carbonyl (C=O) groups is 1. The first kappa shape index (κ1) is 24.8. The van der Waals surface area contributed by atoms with Crippen LogP contribution in [0.5, 0.6) is 17.2 Å². The second-order valence-corrected chi connectivity index (χ2v) is 11.0. The van der Waals surface area contributed by atoms with Gasteiger partial charge < -0.3 is 14.2 Å². The Hall–Kier alpha value is -2.83. The minimum Gasteiger partial charge on any atom is -0.493 e. The summed E-state index contributed by atoms with van der Waals surface area (Å²) < 4.78 is 70.2. The number of hydrogen-bond acceptors (Lipinski definition) is 8. The van der Waals surface area contributed by atoms with Crippen LogP contribution in [0.4, 0.5) is 5.69 Å². The van der Waals surface area contributed by atoms with Crippen LogP contribution in [0.15, 0.2) is 41.3 Å². The van der Waals surface area contributed by atoms with E-state index in [4.69, 9.17) is 14.2 Å². The standard InChI is InChI=1S/C21H26N2O8S2/c1-5-31-18-9-7-16(23-21(24)14(2)13-32(23,25)26)11-20(18)33(27,28)22-12-15-6-8-17(29-3)19(10-15)30-4/h6-11,14,22H,5,12-13H2,1-4H3. The number of anilines is 1. The number of ether oxygens (including phenoxy) is 3. The smallest absolute Gasteiger partial charge is 0.244 e. The molecule has 0 spiro atoms. The average molecular weight is 499 g/mol. The second kappa shape index (κ2) is 9.57. The van der Waals surface area contributed by atoms with Crippen LogP contribution in [-0.2, 0) is 31.4 Å². The van der Waals surface area contributed by atoms with E-state index >= 15 is 0 Å². The van der Waals surface area contributed by atoms with Gasteiger partial charge in [0.25, 0.3) is 0 Å². The normalized spacial score (nSPS) is 17.8. The summed E-state index contributed by atoms with van der Waals surface area (Å²) in [5, 5.41) is 0. The minimum atomic E-state index is -4.15. The molecule has 0 bridgehead atoms. The highest BCUT2D eigenvalue weighted by molar-refractivity contribution is 7.94. The predicted molar refractivity (Wildman–Crippen MR) is 122 cm³/mol. The highest BCUT2D eigenvalue weighted by Crippen LogP contribution is 2.34. The second-order valence-electron chi connectivity index (χ2n) is 7.36. The Morgan fingerprint density at radius 3 is 2.30 bits per heavy atom. The van der Waals surface area contributed by atoms with Crippen molar-refractivity contribution in [1.82, 2.24) is 4.72 Å². The molecule has 1 aliphatic rings. The van der Waals surface area contributed by atoms with E-state index in [1.807, 2.05) is 0 Å². The van der Waals surface area contributed by atoms with Gasteiger partial charge in [0.05, 0.1) is 38.2 Å². The Morgan fingerprint density at radius 2 is 1.73 bits per heavy atom. The summed E-state index contributed by atoms with van der Waals surface area (Å²) in [6.07, 6.45) is 0. The first-order valence-electron chi connectivity index (χ1n) is 10.1. The summed E-state index contributed by atoms with van der Waals surface area (Å²) in [5.74, 6) is -0.679. The van der Waals surface area contributed by atoms with Crippen LogP contribution in [0, 0.1) is 5.92 Å². The molecule has 1 unspecified atom stereocenters. The van der Waals surface area contributed by atoms with Gasteiger partial charge >= 0.3 is 0 Å². The molecule has 1 aliphatic heterocycles. The van der Waals surface area contributed by atoms with E-state index in [1.165, 1.54) is 33.3 Å². The van der Waals surface area contributed by atoms with Crippen molar-refractivity contribution in [3.05, 3.63) is 42.0 Å². The minimum absolute atomic E-state index is 0.0400. The third-order valence-electron chi connectivity index (χ3n) is 5.03. The van der Waals surface area contributed by atoms with Crippen molar-refractivity contribution < 1.29 is 35.8 Å². The quantitative estimate of drug-likeness (QED) is 0.555. The number of nitrogens with zero attached hydrogens (tertiary/aromatic N) is 1. The van der Waals surface area contributed by atoms with Crippen molar-refractivity contribution in [2.75, 3.05) is 30.9 Å². The third-order valence-corrected chi connectivity index (χ3v) is 8.32. The summed E-state index contributed by atoms with van der Waals surface area (Å²) in [5.41, 5.74) is 0.552. The van der Waals surface area contributed by atoms with Crippen LogP contribution >= 0.6 is 0 Å². The van der Waals surface area contributed by atoms with Crippen molar-refractivity contribution in [3.63, 3.8) is 0 Å². The summed E-state index contributed by atoms with van der Waals surface area (Å²) in [6.45, 7) is 3.32. The van der Waals surface area contributed by atoms with Gasteiger partial charge in [0.15, 0.2) is 11.5 Å². The Labute approximate surface area is 193 Å². The van der Waals surface area contributed by atoms with Gasteiger partial charge in [-0.05, 0) is 42.8 Å². The molecule has 1 amide bonds. The number of amides is 1. The van der Waals surface area contributed by atoms with E-state index in [9.17, 15) is 21.6 Å². The molecule has 1 atom stereocenters. The number of sulfonamides is 2. The summed E-state index contributed by atoms with van der Waals surface area (Å²) >= 11 is 0. The molecule has 180 valence electrons. The van der Waals surface area contributed by atoms with Crippen molar-refractivity contribution >= 4 is 31.6 Å². The van der Waals surface area contributed by atoms with Crippen LogP contribution in [0.25, 0.3) is 0 Å². The molecular weight excluding hydrogens is 472 g/mol. The van der Waals surface area contributed by atoms with Crippen LogP contribution in [0.3, 0.4) is 0 Å². The molecule has 3 rings (SSSR count). The molecule has 0 aromatic heterocycles. The lowest BCUT2D eigenvalue weighted by Gasteiger charge is -2.18. The van der Waals surface area contributed by atoms with Gasteiger partial charge in [0.2, 0.25) is 26.0 Å². The van der Waals surface area contributed by atoms with Crippen LogP contribution < -0.4 is 23.2 Å². The summed E-state index contributed by atoms with van der Waals surface area (Å²) in [7, 11) is -5.07. The molecule has 10 nitrogen and oxygen atoms in total. The topological polar surface area (TPSA) is 128 Å². The Bertz CT molecular complexity index is 1260. The van der Waals surface area contributed by atoms with Gasteiger partial charge in [-0.3, -0.25) is 4.79 Å². The molecule has 2 aromatic rings. The molecule has 12 heteroatoms. The zero-order valence-electron chi connectivity index (χ0n) is 18.7. The van der Waals surface area contributed by atoms with Gasteiger partial charge in [-0.2, -0.15) is 0 Å². The molecule has 0 aliphatic carbocycles. The maximum atomic E-state index is 13.2. The summed E-state index contributed by atoms with van der Waals surface area (Å²) in [4.78, 5) is 12.2. The average Bonchev–Trinajstić information content (AvgIpc) is 2.98. The molecule has 2 aromatic carbocycles. The molecule has 0 radical (unpaired) electrons. The van der Waals surface area contributed by atoms with Crippen LogP contribution in [-0.4, -0.2) is 49.3 Å². The van der Waals surface area contributed by atoms with Crippen LogP contribution in [0.1, 0.15) is 19.4 Å². The van der Waals surface area contributed by atoms with E-state index < -0.39 is 31.9 Å². The molecular formula is C21H26N2O8S2. The number of rotatable bonds is 9. The van der Waals surface area contributed by atoms with Crippen LogP contribution in [0.2, 0.25) is 0 Å². The van der Waals surface area contributed by atoms with E-state index in [2.05, 4.69) is 4.72 Å². The maximum Gasteiger partial charge on any atom is 0.244 e. The Balaban J connectivity index is 1.96. The SMILES string of the molecule is CCOc1ccc(N2C(=O)C(C)CS2(=O)=O)cc1S(=O)(=O)NCc1ccc(OC)c(OC)c1. The van der Waals surface area contributed by atoms with E-state index in [0.29, 0.717) is 21.4 Å². The molecule has 1 heterocycles. The zero-order valence-corrected chi connectivity index (χ0v) is 20.3. The molecule has 1 N–H and O–H groups in total. The Morgan fingerprint density at radius 1 is 1.06 bits per heavy atom. The largest absolute Gasteiger partial charge is 0.493 e. The molecule has 1 fully saturated rings. The van der Waals surface area contributed by atoms with E-state index in [0.717, 1.165) is 6.07 Å². The fourth-order valence-electron chi connectivity index (χ4n) is 3.44. The first-order chi connectivity index (χ1) is 15.5. The van der Waals surface area contributed by atoms with Gasteiger partial charge in [0, 0.05) is 6.54 Å². The van der Waals surface area contributed by atoms with Crippen molar-refractivity contribution in [3.8, 4) is 17.2 Å². The molecule has 1 saturated heterocycles. The van der Waals surface area contributed by atoms with Gasteiger partial charge in [-0.1, -0.05) is 13.0 Å².